The maximum atomic E-state index is 12.6. The van der Waals surface area contributed by atoms with Gasteiger partial charge in [0.2, 0.25) is 5.91 Å². The summed E-state index contributed by atoms with van der Waals surface area (Å²) in [5, 5.41) is 11.4. The predicted molar refractivity (Wildman–Crippen MR) is 95.4 cm³/mol. The zero-order valence-corrected chi connectivity index (χ0v) is 14.4. The third kappa shape index (κ3) is 4.17. The number of hydrogen-bond donors (Lipinski definition) is 1. The van der Waals surface area contributed by atoms with Gasteiger partial charge in [-0.3, -0.25) is 9.59 Å². The fourth-order valence-corrected chi connectivity index (χ4v) is 3.53. The highest BCUT2D eigenvalue weighted by Crippen LogP contribution is 2.24. The molecule has 0 aliphatic carbocycles. The number of hydrogen-bond acceptors (Lipinski definition) is 3. The number of rotatable bonds is 6. The highest BCUT2D eigenvalue weighted by molar-refractivity contribution is 5.83. The van der Waals surface area contributed by atoms with E-state index in [2.05, 4.69) is 24.3 Å². The van der Waals surface area contributed by atoms with Crippen molar-refractivity contribution in [3.63, 3.8) is 0 Å². The van der Waals surface area contributed by atoms with Crippen molar-refractivity contribution in [2.45, 2.75) is 37.8 Å². The number of aryl methyl sites for hydroxylation is 1. The number of methoxy groups -OCH3 is 1. The molecule has 0 bridgehead atoms. The van der Waals surface area contributed by atoms with Gasteiger partial charge in [-0.1, -0.05) is 42.5 Å². The Morgan fingerprint density at radius 2 is 1.96 bits per heavy atom. The smallest absolute Gasteiger partial charge is 0.305 e. The number of fused-ring (bicyclic) bond motifs is 1. The van der Waals surface area contributed by atoms with E-state index in [0.717, 1.165) is 10.9 Å². The van der Waals surface area contributed by atoms with Gasteiger partial charge in [0.25, 0.3) is 0 Å². The average molecular weight is 341 g/mol. The first-order valence-electron chi connectivity index (χ1n) is 8.58. The van der Waals surface area contributed by atoms with Crippen molar-refractivity contribution in [3.05, 3.63) is 48.0 Å². The summed E-state index contributed by atoms with van der Waals surface area (Å²) in [7, 11) is 1.60. The van der Waals surface area contributed by atoms with E-state index < -0.39 is 5.97 Å². The van der Waals surface area contributed by atoms with Crippen molar-refractivity contribution in [2.75, 3.05) is 13.7 Å². The van der Waals surface area contributed by atoms with Gasteiger partial charge in [-0.15, -0.1) is 0 Å². The van der Waals surface area contributed by atoms with Gasteiger partial charge in [-0.05, 0) is 29.2 Å². The highest BCUT2D eigenvalue weighted by Gasteiger charge is 2.36. The minimum atomic E-state index is -0.880. The number of carboxylic acids is 1. The molecule has 1 heterocycles. The van der Waals surface area contributed by atoms with Crippen LogP contribution in [0.5, 0.6) is 0 Å². The second-order valence-electron chi connectivity index (χ2n) is 6.57. The van der Waals surface area contributed by atoms with Crippen LogP contribution in [0, 0.1) is 0 Å². The number of carbonyl (C=O) groups excluding carboxylic acids is 1. The van der Waals surface area contributed by atoms with E-state index in [0.29, 0.717) is 25.8 Å². The number of likely N-dealkylation sites (tertiary alicyclic amines) is 1. The molecule has 5 heteroatoms. The molecule has 1 aliphatic rings. The molecule has 1 saturated heterocycles. The molecule has 1 N–H and O–H groups in total. The van der Waals surface area contributed by atoms with Crippen LogP contribution in [0.25, 0.3) is 10.8 Å². The fraction of sp³-hybridized carbons (Fsp3) is 0.400. The summed E-state index contributed by atoms with van der Waals surface area (Å²) >= 11 is 0. The van der Waals surface area contributed by atoms with Gasteiger partial charge in [0.05, 0.1) is 12.5 Å². The van der Waals surface area contributed by atoms with Crippen LogP contribution < -0.4 is 0 Å². The number of benzene rings is 2. The van der Waals surface area contributed by atoms with Crippen molar-refractivity contribution in [3.8, 4) is 0 Å². The van der Waals surface area contributed by atoms with Crippen LogP contribution in [-0.4, -0.2) is 47.7 Å². The molecule has 0 spiro atoms. The number of amides is 1. The SMILES string of the molecule is COC1CC(CC(=O)O)N(C(=O)CCc2ccc3ccccc3c2)C1. The Hall–Kier alpha value is -2.40. The number of carbonyl (C=O) groups is 2. The summed E-state index contributed by atoms with van der Waals surface area (Å²) < 4.78 is 5.33. The molecule has 25 heavy (non-hydrogen) atoms. The lowest BCUT2D eigenvalue weighted by atomic mass is 10.0. The average Bonchev–Trinajstić information content (AvgIpc) is 3.01. The third-order valence-corrected chi connectivity index (χ3v) is 4.88. The predicted octanol–water partition coefficient (Wildman–Crippen LogP) is 2.86. The lowest BCUT2D eigenvalue weighted by Crippen LogP contribution is -2.37. The zero-order valence-electron chi connectivity index (χ0n) is 14.4. The van der Waals surface area contributed by atoms with Gasteiger partial charge >= 0.3 is 5.97 Å². The van der Waals surface area contributed by atoms with E-state index in [9.17, 15) is 9.59 Å². The van der Waals surface area contributed by atoms with E-state index in [1.165, 1.54) is 5.39 Å². The summed E-state index contributed by atoms with van der Waals surface area (Å²) in [5.41, 5.74) is 1.12. The van der Waals surface area contributed by atoms with Crippen LogP contribution in [0.3, 0.4) is 0 Å². The summed E-state index contributed by atoms with van der Waals surface area (Å²) in [6, 6.07) is 14.1. The van der Waals surface area contributed by atoms with Crippen LogP contribution in [0.1, 0.15) is 24.8 Å². The lowest BCUT2D eigenvalue weighted by molar-refractivity contribution is -0.139. The minimum Gasteiger partial charge on any atom is -0.481 e. The van der Waals surface area contributed by atoms with Crippen LogP contribution >= 0.6 is 0 Å². The summed E-state index contributed by atoms with van der Waals surface area (Å²) in [5.74, 6) is -0.881. The molecule has 0 saturated carbocycles. The van der Waals surface area contributed by atoms with Crippen molar-refractivity contribution in [1.29, 1.82) is 0 Å². The Labute approximate surface area is 147 Å². The molecular weight excluding hydrogens is 318 g/mol. The van der Waals surface area contributed by atoms with E-state index in [4.69, 9.17) is 9.84 Å². The fourth-order valence-electron chi connectivity index (χ4n) is 3.53. The molecule has 132 valence electrons. The van der Waals surface area contributed by atoms with Crippen LogP contribution in [0.4, 0.5) is 0 Å². The Bertz CT molecular complexity index is 773. The lowest BCUT2D eigenvalue weighted by Gasteiger charge is -2.23. The topological polar surface area (TPSA) is 66.8 Å². The molecule has 1 amide bonds. The van der Waals surface area contributed by atoms with Gasteiger partial charge in [-0.2, -0.15) is 0 Å². The summed E-state index contributed by atoms with van der Waals surface area (Å²) in [6.45, 7) is 0.477. The molecular formula is C20H23NO4. The van der Waals surface area contributed by atoms with E-state index in [1.807, 2.05) is 18.2 Å². The molecule has 2 unspecified atom stereocenters. The maximum absolute atomic E-state index is 12.6. The Balaban J connectivity index is 1.64. The number of nitrogens with zero attached hydrogens (tertiary/aromatic N) is 1. The quantitative estimate of drug-likeness (QED) is 0.877. The number of aliphatic carboxylic acids is 1. The number of carboxylic acid groups (broad SMARTS) is 1. The first kappa shape index (κ1) is 17.4. The van der Waals surface area contributed by atoms with Gasteiger partial charge < -0.3 is 14.7 Å². The Kier molecular flexibility index (Phi) is 5.34. The van der Waals surface area contributed by atoms with E-state index in [1.54, 1.807) is 12.0 Å². The molecule has 2 aromatic rings. The second-order valence-corrected chi connectivity index (χ2v) is 6.57. The zero-order chi connectivity index (χ0) is 17.8. The van der Waals surface area contributed by atoms with E-state index >= 15 is 0 Å². The first-order valence-corrected chi connectivity index (χ1v) is 8.58. The first-order chi connectivity index (χ1) is 12.1. The minimum absolute atomic E-state index is 0.000964. The van der Waals surface area contributed by atoms with Crippen molar-refractivity contribution >= 4 is 22.6 Å². The van der Waals surface area contributed by atoms with Gasteiger partial charge in [0.15, 0.2) is 0 Å². The summed E-state index contributed by atoms with van der Waals surface area (Å²) in [6.07, 6.45) is 1.52. The molecule has 0 aromatic heterocycles. The van der Waals surface area contributed by atoms with Crippen molar-refractivity contribution in [1.82, 2.24) is 4.90 Å². The molecule has 1 fully saturated rings. The second kappa shape index (κ2) is 7.66. The normalized spacial score (nSPS) is 20.1. The van der Waals surface area contributed by atoms with Crippen LogP contribution in [-0.2, 0) is 20.7 Å². The van der Waals surface area contributed by atoms with Gasteiger partial charge in [0.1, 0.15) is 0 Å². The molecule has 0 radical (unpaired) electrons. The maximum Gasteiger partial charge on any atom is 0.305 e. The highest BCUT2D eigenvalue weighted by atomic mass is 16.5. The Morgan fingerprint density at radius 3 is 2.68 bits per heavy atom. The largest absolute Gasteiger partial charge is 0.481 e. The molecule has 2 atom stereocenters. The molecule has 3 rings (SSSR count). The molecule has 1 aliphatic heterocycles. The molecule has 2 aromatic carbocycles. The summed E-state index contributed by atoms with van der Waals surface area (Å²) in [4.78, 5) is 25.3. The standard InChI is InChI=1S/C20H23NO4/c1-25-18-11-17(12-20(23)24)21(13-18)19(22)9-7-14-6-8-15-4-2-3-5-16(15)10-14/h2-6,8,10,17-18H,7,9,11-13H2,1H3,(H,23,24). The van der Waals surface area contributed by atoms with Crippen LogP contribution in [0.15, 0.2) is 42.5 Å². The van der Waals surface area contributed by atoms with E-state index in [-0.39, 0.29) is 24.5 Å². The third-order valence-electron chi connectivity index (χ3n) is 4.88. The van der Waals surface area contributed by atoms with Gasteiger partial charge in [0, 0.05) is 26.1 Å². The number of ether oxygens (including phenoxy) is 1. The Morgan fingerprint density at radius 1 is 1.20 bits per heavy atom. The monoisotopic (exact) mass is 341 g/mol. The van der Waals surface area contributed by atoms with Gasteiger partial charge in [-0.25, -0.2) is 0 Å². The van der Waals surface area contributed by atoms with Crippen molar-refractivity contribution < 1.29 is 19.4 Å². The molecule has 5 nitrogen and oxygen atoms in total. The van der Waals surface area contributed by atoms with Crippen molar-refractivity contribution in [2.24, 2.45) is 0 Å². The van der Waals surface area contributed by atoms with Crippen LogP contribution in [0.2, 0.25) is 0 Å².